The van der Waals surface area contributed by atoms with Crippen LogP contribution in [0.5, 0.6) is 0 Å². The Balaban J connectivity index is 1.46. The summed E-state index contributed by atoms with van der Waals surface area (Å²) in [5.41, 5.74) is 2.37. The fourth-order valence-electron chi connectivity index (χ4n) is 7.16. The van der Waals surface area contributed by atoms with Gasteiger partial charge in [0.05, 0.1) is 11.0 Å². The topological polar surface area (TPSA) is 30.7 Å². The predicted molar refractivity (Wildman–Crippen MR) is 179 cm³/mol. The highest BCUT2D eigenvalue weighted by Crippen LogP contribution is 2.47. The van der Waals surface area contributed by atoms with Crippen molar-refractivity contribution in [2.24, 2.45) is 0 Å². The van der Waals surface area contributed by atoms with Crippen molar-refractivity contribution in [1.82, 2.24) is 14.5 Å². The van der Waals surface area contributed by atoms with Gasteiger partial charge in [0.1, 0.15) is 5.82 Å². The number of benzene rings is 6. The summed E-state index contributed by atoms with van der Waals surface area (Å²) in [6.45, 7) is 0. The monoisotopic (exact) mass is 551 g/mol. The van der Waals surface area contributed by atoms with E-state index in [-0.39, 0.29) is 0 Å². The molecule has 0 aliphatic heterocycles. The molecule has 10 aromatic rings. The van der Waals surface area contributed by atoms with Crippen LogP contribution in [0, 0.1) is 0 Å². The van der Waals surface area contributed by atoms with Gasteiger partial charge in [0, 0.05) is 60.3 Å². The van der Waals surface area contributed by atoms with Crippen molar-refractivity contribution in [3.63, 3.8) is 0 Å². The maximum absolute atomic E-state index is 5.21. The fraction of sp³-hybridized carbons (Fsp3) is 0. The molecular weight excluding hydrogens is 531 g/mol. The van der Waals surface area contributed by atoms with Crippen LogP contribution in [0.3, 0.4) is 0 Å². The highest BCUT2D eigenvalue weighted by Gasteiger charge is 2.22. The Hall–Kier alpha value is -5.32. The molecule has 0 saturated carbocycles. The lowest BCUT2D eigenvalue weighted by atomic mass is 9.95. The zero-order chi connectivity index (χ0) is 27.4. The Morgan fingerprint density at radius 3 is 1.93 bits per heavy atom. The lowest BCUT2D eigenvalue weighted by molar-refractivity contribution is 1.10. The van der Waals surface area contributed by atoms with Crippen molar-refractivity contribution in [3.05, 3.63) is 128 Å². The maximum atomic E-state index is 5.21. The largest absolute Gasteiger partial charge is 0.293 e. The van der Waals surface area contributed by atoms with Crippen LogP contribution in [-0.4, -0.2) is 14.5 Å². The molecule has 4 heteroatoms. The van der Waals surface area contributed by atoms with Gasteiger partial charge in [-0.3, -0.25) is 9.55 Å². The van der Waals surface area contributed by atoms with Crippen LogP contribution in [0.4, 0.5) is 0 Å². The van der Waals surface area contributed by atoms with Crippen LogP contribution in [-0.2, 0) is 0 Å². The molecule has 0 fully saturated rings. The van der Waals surface area contributed by atoms with Crippen LogP contribution in [0.25, 0.3) is 90.9 Å². The molecule has 0 bridgehead atoms. The first kappa shape index (κ1) is 22.4. The highest BCUT2D eigenvalue weighted by molar-refractivity contribution is 7.27. The number of fused-ring (bicyclic) bond motifs is 16. The number of para-hydroxylation sites is 1. The zero-order valence-corrected chi connectivity index (χ0v) is 23.2. The zero-order valence-electron chi connectivity index (χ0n) is 22.4. The van der Waals surface area contributed by atoms with Crippen LogP contribution < -0.4 is 0 Å². The maximum Gasteiger partial charge on any atom is 0.138 e. The van der Waals surface area contributed by atoms with E-state index in [1.54, 1.807) is 0 Å². The second-order valence-electron chi connectivity index (χ2n) is 11.0. The average molecular weight is 552 g/mol. The fourth-order valence-corrected chi connectivity index (χ4v) is 8.39. The van der Waals surface area contributed by atoms with Crippen molar-refractivity contribution in [2.45, 2.75) is 0 Å². The van der Waals surface area contributed by atoms with E-state index in [9.17, 15) is 0 Å². The summed E-state index contributed by atoms with van der Waals surface area (Å²) >= 11 is 1.85. The van der Waals surface area contributed by atoms with Gasteiger partial charge in [-0.1, -0.05) is 84.9 Å². The number of thiophene rings is 1. The van der Waals surface area contributed by atoms with Crippen molar-refractivity contribution in [1.29, 1.82) is 0 Å². The number of rotatable bonds is 1. The molecule has 42 heavy (non-hydrogen) atoms. The van der Waals surface area contributed by atoms with E-state index >= 15 is 0 Å². The third kappa shape index (κ3) is 2.79. The van der Waals surface area contributed by atoms with E-state index in [2.05, 4.69) is 125 Å². The van der Waals surface area contributed by atoms with E-state index in [0.717, 1.165) is 11.3 Å². The van der Waals surface area contributed by atoms with Crippen molar-refractivity contribution in [2.75, 3.05) is 0 Å². The predicted octanol–water partition coefficient (Wildman–Crippen LogP) is 10.6. The second kappa shape index (κ2) is 8.12. The van der Waals surface area contributed by atoms with Gasteiger partial charge in [-0.2, -0.15) is 0 Å². The van der Waals surface area contributed by atoms with Crippen LogP contribution in [0.2, 0.25) is 0 Å². The summed E-state index contributed by atoms with van der Waals surface area (Å²) in [6, 6.07) is 39.4. The molecule has 0 spiro atoms. The normalized spacial score (nSPS) is 12.3. The smallest absolute Gasteiger partial charge is 0.138 e. The molecule has 0 radical (unpaired) electrons. The quantitative estimate of drug-likeness (QED) is 0.190. The van der Waals surface area contributed by atoms with Gasteiger partial charge in [-0.25, -0.2) is 4.98 Å². The molecule has 0 saturated heterocycles. The first-order valence-electron chi connectivity index (χ1n) is 14.2. The highest BCUT2D eigenvalue weighted by atomic mass is 32.1. The first-order chi connectivity index (χ1) is 20.9. The molecule has 10 rings (SSSR count). The summed E-state index contributed by atoms with van der Waals surface area (Å²) in [5.74, 6) is 0.930. The van der Waals surface area contributed by atoms with Gasteiger partial charge in [-0.15, -0.1) is 11.3 Å². The first-order valence-corrected chi connectivity index (χ1v) is 15.0. The number of hydrogen-bond acceptors (Lipinski definition) is 3. The molecule has 0 atom stereocenters. The number of hydrogen-bond donors (Lipinski definition) is 0. The van der Waals surface area contributed by atoms with Crippen molar-refractivity contribution < 1.29 is 0 Å². The van der Waals surface area contributed by atoms with E-state index in [1.165, 1.54) is 79.6 Å². The van der Waals surface area contributed by atoms with Gasteiger partial charge in [0.2, 0.25) is 0 Å². The molecule has 0 N–H and O–H groups in total. The van der Waals surface area contributed by atoms with Gasteiger partial charge < -0.3 is 0 Å². The lowest BCUT2D eigenvalue weighted by Gasteiger charge is -2.13. The molecule has 4 aromatic heterocycles. The Morgan fingerprint density at radius 2 is 1.14 bits per heavy atom. The molecule has 0 aliphatic carbocycles. The molecule has 0 aliphatic rings. The third-order valence-corrected chi connectivity index (χ3v) is 10.1. The van der Waals surface area contributed by atoms with E-state index in [4.69, 9.17) is 4.98 Å². The van der Waals surface area contributed by atoms with Crippen molar-refractivity contribution in [3.8, 4) is 5.82 Å². The second-order valence-corrected chi connectivity index (χ2v) is 12.0. The minimum atomic E-state index is 0.930. The third-order valence-electron chi connectivity index (χ3n) is 8.89. The molecule has 6 aromatic carbocycles. The summed E-state index contributed by atoms with van der Waals surface area (Å²) in [7, 11) is 0. The summed E-state index contributed by atoms with van der Waals surface area (Å²) in [5, 5.41) is 14.9. The molecular formula is C38H21N3S. The minimum Gasteiger partial charge on any atom is -0.293 e. The Labute approximate surface area is 243 Å². The van der Waals surface area contributed by atoms with Gasteiger partial charge in [0.15, 0.2) is 0 Å². The summed E-state index contributed by atoms with van der Waals surface area (Å²) in [4.78, 5) is 9.77. The number of pyridine rings is 2. The van der Waals surface area contributed by atoms with E-state index in [0.29, 0.717) is 0 Å². The SMILES string of the molecule is c1ccc2c(c1)sc1c3cnccc3c3c4ccccc4n(-c4cc5c6ccccc6c6ccccc6c5cn4)c3c21. The van der Waals surface area contributed by atoms with Crippen LogP contribution >= 0.6 is 11.3 Å². The van der Waals surface area contributed by atoms with Crippen LogP contribution in [0.15, 0.2) is 128 Å². The summed E-state index contributed by atoms with van der Waals surface area (Å²) in [6.07, 6.45) is 6.02. The van der Waals surface area contributed by atoms with Gasteiger partial charge >= 0.3 is 0 Å². The Bertz CT molecular complexity index is 2710. The van der Waals surface area contributed by atoms with Gasteiger partial charge in [-0.05, 0) is 56.6 Å². The molecule has 0 amide bonds. The average Bonchev–Trinajstić information content (AvgIpc) is 3.61. The molecule has 0 unspecified atom stereocenters. The Morgan fingerprint density at radius 1 is 0.500 bits per heavy atom. The lowest BCUT2D eigenvalue weighted by Crippen LogP contribution is -1.98. The number of aromatic nitrogens is 3. The van der Waals surface area contributed by atoms with Crippen LogP contribution in [0.1, 0.15) is 0 Å². The Kier molecular flexibility index (Phi) is 4.33. The molecule has 4 heterocycles. The molecule has 3 nitrogen and oxygen atoms in total. The standard InChI is InChI=1S/C38H21N3S/c1-3-11-24-22(9-1)23-10-2-4-12-25(23)30-21-40-34(19-29(24)30)41-32-15-7-5-13-27(32)35-26-17-18-39-20-31(26)38-36(37(35)41)28-14-6-8-16-33(28)42-38/h1-21H. The molecule has 194 valence electrons. The number of nitrogens with zero attached hydrogens (tertiary/aromatic N) is 3. The summed E-state index contributed by atoms with van der Waals surface area (Å²) < 4.78 is 4.95. The van der Waals surface area contributed by atoms with E-state index in [1.807, 2.05) is 23.7 Å². The minimum absolute atomic E-state index is 0.930. The van der Waals surface area contributed by atoms with E-state index < -0.39 is 0 Å². The van der Waals surface area contributed by atoms with Crippen molar-refractivity contribution >= 4 is 96.4 Å². The van der Waals surface area contributed by atoms with Gasteiger partial charge in [0.25, 0.3) is 0 Å².